The predicted molar refractivity (Wildman–Crippen MR) is 65.6 cm³/mol. The molecule has 2 atom stereocenters. The van der Waals surface area contributed by atoms with Crippen LogP contribution in [0.3, 0.4) is 0 Å². The van der Waals surface area contributed by atoms with Crippen molar-refractivity contribution in [3.05, 3.63) is 48.6 Å². The predicted octanol–water partition coefficient (Wildman–Crippen LogP) is 1.34. The molecule has 2 unspecified atom stereocenters. The average molecular weight is 235 g/mol. The summed E-state index contributed by atoms with van der Waals surface area (Å²) in [5.41, 5.74) is 0.704. The van der Waals surface area contributed by atoms with Crippen LogP contribution in [0, 0.1) is 0 Å². The molecular formula is C13H17NO3. The largest absolute Gasteiger partial charge is 0.481 e. The third-order valence-corrected chi connectivity index (χ3v) is 2.44. The van der Waals surface area contributed by atoms with Crippen LogP contribution in [0.25, 0.3) is 0 Å². The van der Waals surface area contributed by atoms with Gasteiger partial charge in [-0.3, -0.25) is 4.79 Å². The van der Waals surface area contributed by atoms with E-state index in [4.69, 9.17) is 5.11 Å². The van der Waals surface area contributed by atoms with Crippen molar-refractivity contribution >= 4 is 5.97 Å². The van der Waals surface area contributed by atoms with E-state index >= 15 is 0 Å². The maximum absolute atomic E-state index is 10.7. The Morgan fingerprint density at radius 1 is 1.41 bits per heavy atom. The van der Waals surface area contributed by atoms with Crippen molar-refractivity contribution in [2.45, 2.75) is 18.6 Å². The number of benzene rings is 1. The van der Waals surface area contributed by atoms with Crippen molar-refractivity contribution in [3.8, 4) is 0 Å². The second kappa shape index (κ2) is 6.83. The minimum absolute atomic E-state index is 0.135. The molecule has 1 aromatic rings. The Balaban J connectivity index is 2.74. The Morgan fingerprint density at radius 3 is 2.59 bits per heavy atom. The van der Waals surface area contributed by atoms with Gasteiger partial charge in [0, 0.05) is 12.6 Å². The Labute approximate surface area is 101 Å². The van der Waals surface area contributed by atoms with E-state index in [1.807, 2.05) is 18.2 Å². The van der Waals surface area contributed by atoms with Crippen LogP contribution in [0.4, 0.5) is 0 Å². The number of rotatable bonds is 7. The maximum atomic E-state index is 10.7. The van der Waals surface area contributed by atoms with Gasteiger partial charge in [-0.15, -0.1) is 6.58 Å². The van der Waals surface area contributed by atoms with Gasteiger partial charge in [0.15, 0.2) is 0 Å². The number of aliphatic carboxylic acids is 1. The highest BCUT2D eigenvalue weighted by molar-refractivity contribution is 5.67. The molecule has 1 rings (SSSR count). The zero-order valence-electron chi connectivity index (χ0n) is 9.54. The molecule has 0 spiro atoms. The van der Waals surface area contributed by atoms with Crippen LogP contribution < -0.4 is 5.32 Å². The molecule has 0 saturated carbocycles. The lowest BCUT2D eigenvalue weighted by Crippen LogP contribution is -2.37. The van der Waals surface area contributed by atoms with Gasteiger partial charge in [-0.1, -0.05) is 36.4 Å². The molecular weight excluding hydrogens is 218 g/mol. The zero-order valence-corrected chi connectivity index (χ0v) is 9.54. The second-order valence-corrected chi connectivity index (χ2v) is 3.76. The monoisotopic (exact) mass is 235 g/mol. The summed E-state index contributed by atoms with van der Waals surface area (Å²) in [5, 5.41) is 21.8. The number of hydrogen-bond acceptors (Lipinski definition) is 3. The van der Waals surface area contributed by atoms with E-state index in [9.17, 15) is 9.90 Å². The van der Waals surface area contributed by atoms with Crippen molar-refractivity contribution in [1.29, 1.82) is 0 Å². The smallest absolute Gasteiger partial charge is 0.305 e. The van der Waals surface area contributed by atoms with E-state index < -0.39 is 18.1 Å². The van der Waals surface area contributed by atoms with Crippen LogP contribution in [-0.4, -0.2) is 28.8 Å². The molecule has 1 aromatic carbocycles. The molecule has 92 valence electrons. The molecule has 0 amide bonds. The fraction of sp³-hybridized carbons (Fsp3) is 0.308. The zero-order chi connectivity index (χ0) is 12.7. The molecule has 3 N–H and O–H groups in total. The number of carbonyl (C=O) groups is 1. The quantitative estimate of drug-likeness (QED) is 0.624. The number of carboxylic acids is 1. The van der Waals surface area contributed by atoms with Crippen LogP contribution in [0.15, 0.2) is 43.0 Å². The minimum atomic E-state index is -0.943. The van der Waals surface area contributed by atoms with Crippen molar-refractivity contribution in [2.75, 3.05) is 6.54 Å². The van der Waals surface area contributed by atoms with E-state index in [1.165, 1.54) is 0 Å². The highest BCUT2D eigenvalue weighted by atomic mass is 16.4. The maximum Gasteiger partial charge on any atom is 0.305 e. The molecule has 0 aromatic heterocycles. The molecule has 0 aliphatic heterocycles. The lowest BCUT2D eigenvalue weighted by molar-refractivity contribution is -0.138. The molecule has 0 aliphatic carbocycles. The van der Waals surface area contributed by atoms with Gasteiger partial charge in [0.05, 0.1) is 12.5 Å². The van der Waals surface area contributed by atoms with E-state index in [-0.39, 0.29) is 6.42 Å². The fourth-order valence-corrected chi connectivity index (χ4v) is 1.60. The van der Waals surface area contributed by atoms with Crippen molar-refractivity contribution in [1.82, 2.24) is 5.32 Å². The van der Waals surface area contributed by atoms with E-state index in [2.05, 4.69) is 11.9 Å². The van der Waals surface area contributed by atoms with Gasteiger partial charge < -0.3 is 15.5 Å². The summed E-state index contributed by atoms with van der Waals surface area (Å²) in [7, 11) is 0. The Hall–Kier alpha value is -1.65. The number of hydrogen-bond donors (Lipinski definition) is 3. The Morgan fingerprint density at radius 2 is 2.06 bits per heavy atom. The summed E-state index contributed by atoms with van der Waals surface area (Å²) in [6, 6.07) is 8.49. The van der Waals surface area contributed by atoms with Gasteiger partial charge in [0.1, 0.15) is 0 Å². The molecule has 0 bridgehead atoms. The summed E-state index contributed by atoms with van der Waals surface area (Å²) in [6.45, 7) is 4.01. The lowest BCUT2D eigenvalue weighted by Gasteiger charge is -2.22. The first kappa shape index (κ1) is 13.4. The van der Waals surface area contributed by atoms with Gasteiger partial charge in [-0.2, -0.15) is 0 Å². The van der Waals surface area contributed by atoms with E-state index in [0.717, 1.165) is 0 Å². The van der Waals surface area contributed by atoms with Crippen LogP contribution >= 0.6 is 0 Å². The Bertz CT molecular complexity index is 364. The lowest BCUT2D eigenvalue weighted by atomic mass is 10.00. The third-order valence-electron chi connectivity index (χ3n) is 2.44. The third kappa shape index (κ3) is 4.38. The molecule has 0 saturated heterocycles. The van der Waals surface area contributed by atoms with E-state index in [1.54, 1.807) is 18.2 Å². The molecule has 17 heavy (non-hydrogen) atoms. The standard InChI is InChI=1S/C13H17NO3/c1-2-8-14-11(9-12(15)16)13(17)10-6-4-3-5-7-10/h2-7,11,13-14,17H,1,8-9H2,(H,15,16). The van der Waals surface area contributed by atoms with Gasteiger partial charge in [-0.25, -0.2) is 0 Å². The summed E-state index contributed by atoms with van der Waals surface area (Å²) in [5.74, 6) is -0.943. The molecule has 0 fully saturated rings. The van der Waals surface area contributed by atoms with Gasteiger partial charge in [0.25, 0.3) is 0 Å². The van der Waals surface area contributed by atoms with Crippen LogP contribution in [0.2, 0.25) is 0 Å². The number of nitrogens with one attached hydrogen (secondary N) is 1. The second-order valence-electron chi connectivity index (χ2n) is 3.76. The SMILES string of the molecule is C=CCNC(CC(=O)O)C(O)c1ccccc1. The fourth-order valence-electron chi connectivity index (χ4n) is 1.60. The van der Waals surface area contributed by atoms with Gasteiger partial charge >= 0.3 is 5.97 Å². The average Bonchev–Trinajstić information content (AvgIpc) is 2.34. The van der Waals surface area contributed by atoms with Crippen molar-refractivity contribution in [3.63, 3.8) is 0 Å². The first-order valence-corrected chi connectivity index (χ1v) is 5.44. The number of aliphatic hydroxyl groups excluding tert-OH is 1. The summed E-state index contributed by atoms with van der Waals surface area (Å²) >= 11 is 0. The number of carboxylic acid groups (broad SMARTS) is 1. The number of aliphatic hydroxyl groups is 1. The van der Waals surface area contributed by atoms with Crippen molar-refractivity contribution in [2.24, 2.45) is 0 Å². The topological polar surface area (TPSA) is 69.6 Å². The van der Waals surface area contributed by atoms with E-state index in [0.29, 0.717) is 12.1 Å². The van der Waals surface area contributed by atoms with Gasteiger partial charge in [-0.05, 0) is 5.56 Å². The molecule has 0 radical (unpaired) electrons. The van der Waals surface area contributed by atoms with Crippen LogP contribution in [0.1, 0.15) is 18.1 Å². The molecule has 4 heteroatoms. The molecule has 0 aliphatic rings. The summed E-state index contributed by atoms with van der Waals surface area (Å²) in [4.78, 5) is 10.7. The van der Waals surface area contributed by atoms with Crippen LogP contribution in [-0.2, 0) is 4.79 Å². The van der Waals surface area contributed by atoms with Crippen molar-refractivity contribution < 1.29 is 15.0 Å². The Kier molecular flexibility index (Phi) is 5.39. The first-order valence-electron chi connectivity index (χ1n) is 5.44. The molecule has 4 nitrogen and oxygen atoms in total. The summed E-state index contributed by atoms with van der Waals surface area (Å²) < 4.78 is 0. The minimum Gasteiger partial charge on any atom is -0.481 e. The van der Waals surface area contributed by atoms with Crippen LogP contribution in [0.5, 0.6) is 0 Å². The molecule has 0 heterocycles. The van der Waals surface area contributed by atoms with Gasteiger partial charge in [0.2, 0.25) is 0 Å². The summed E-state index contributed by atoms with van der Waals surface area (Å²) in [6.07, 6.45) is 0.656. The highest BCUT2D eigenvalue weighted by Crippen LogP contribution is 2.18. The first-order chi connectivity index (χ1) is 8.15. The normalized spacial score (nSPS) is 13.9. The highest BCUT2D eigenvalue weighted by Gasteiger charge is 2.22.